The van der Waals surface area contributed by atoms with E-state index in [0.29, 0.717) is 25.9 Å². The van der Waals surface area contributed by atoms with Crippen molar-refractivity contribution in [3.8, 4) is 0 Å². The molecule has 0 aromatic rings. The maximum absolute atomic E-state index is 12.1. The summed E-state index contributed by atoms with van der Waals surface area (Å²) in [7, 11) is 0. The largest absolute Gasteiger partial charge is 0.481 e. The van der Waals surface area contributed by atoms with Gasteiger partial charge < -0.3 is 20.6 Å². The van der Waals surface area contributed by atoms with Crippen LogP contribution < -0.4 is 10.6 Å². The van der Waals surface area contributed by atoms with Crippen molar-refractivity contribution in [2.24, 2.45) is 0 Å². The van der Waals surface area contributed by atoms with Gasteiger partial charge >= 0.3 is 12.0 Å². The Balaban J connectivity index is 2.43. The maximum atomic E-state index is 12.1. The van der Waals surface area contributed by atoms with Gasteiger partial charge in [-0.05, 0) is 26.7 Å². The Morgan fingerprint density at radius 2 is 1.80 bits per heavy atom. The second-order valence-electron chi connectivity index (χ2n) is 5.85. The van der Waals surface area contributed by atoms with E-state index in [0.717, 1.165) is 0 Å². The van der Waals surface area contributed by atoms with E-state index in [1.165, 1.54) is 6.92 Å². The van der Waals surface area contributed by atoms with E-state index in [9.17, 15) is 14.4 Å². The van der Waals surface area contributed by atoms with E-state index in [4.69, 9.17) is 5.11 Å². The average molecular weight is 285 g/mol. The highest BCUT2D eigenvalue weighted by molar-refractivity contribution is 5.77. The molecule has 3 N–H and O–H groups in total. The van der Waals surface area contributed by atoms with E-state index in [-0.39, 0.29) is 24.4 Å². The number of aliphatic carboxylic acids is 1. The molecule has 0 bridgehead atoms. The van der Waals surface area contributed by atoms with Crippen molar-refractivity contribution in [1.29, 1.82) is 0 Å². The first-order valence-electron chi connectivity index (χ1n) is 6.75. The number of rotatable bonds is 4. The lowest BCUT2D eigenvalue weighted by molar-refractivity contribution is -0.138. The quantitative estimate of drug-likeness (QED) is 0.702. The van der Waals surface area contributed by atoms with Gasteiger partial charge in [0.15, 0.2) is 0 Å². The van der Waals surface area contributed by atoms with Crippen molar-refractivity contribution in [3.63, 3.8) is 0 Å². The van der Waals surface area contributed by atoms with Crippen molar-refractivity contribution in [1.82, 2.24) is 15.5 Å². The minimum Gasteiger partial charge on any atom is -0.481 e. The lowest BCUT2D eigenvalue weighted by Crippen LogP contribution is -2.54. The summed E-state index contributed by atoms with van der Waals surface area (Å²) in [6, 6.07) is -0.138. The molecular weight excluding hydrogens is 262 g/mol. The van der Waals surface area contributed by atoms with Crippen LogP contribution in [0.2, 0.25) is 0 Å². The van der Waals surface area contributed by atoms with Crippen LogP contribution in [0.3, 0.4) is 0 Å². The van der Waals surface area contributed by atoms with Gasteiger partial charge in [0.25, 0.3) is 0 Å². The third-order valence-electron chi connectivity index (χ3n) is 3.23. The summed E-state index contributed by atoms with van der Waals surface area (Å²) in [5, 5.41) is 14.4. The van der Waals surface area contributed by atoms with E-state index in [1.54, 1.807) is 18.7 Å². The second kappa shape index (κ2) is 6.58. The fraction of sp³-hybridized carbons (Fsp3) is 0.769. The summed E-state index contributed by atoms with van der Waals surface area (Å²) >= 11 is 0. The van der Waals surface area contributed by atoms with E-state index in [2.05, 4.69) is 10.6 Å². The molecule has 0 aromatic heterocycles. The lowest BCUT2D eigenvalue weighted by Gasteiger charge is -2.35. The van der Waals surface area contributed by atoms with E-state index >= 15 is 0 Å². The Morgan fingerprint density at radius 3 is 2.25 bits per heavy atom. The number of nitrogens with zero attached hydrogens (tertiary/aromatic N) is 1. The second-order valence-corrected chi connectivity index (χ2v) is 5.85. The summed E-state index contributed by atoms with van der Waals surface area (Å²) in [6.45, 7) is 5.96. The summed E-state index contributed by atoms with van der Waals surface area (Å²) < 4.78 is 0. The van der Waals surface area contributed by atoms with Crippen LogP contribution in [0.4, 0.5) is 4.79 Å². The average Bonchev–Trinajstić information content (AvgIpc) is 2.26. The van der Waals surface area contributed by atoms with Crippen LogP contribution in [0, 0.1) is 0 Å². The highest BCUT2D eigenvalue weighted by Crippen LogP contribution is 2.13. The van der Waals surface area contributed by atoms with Gasteiger partial charge in [-0.2, -0.15) is 0 Å². The monoisotopic (exact) mass is 285 g/mol. The molecule has 0 spiro atoms. The molecule has 0 aromatic carbocycles. The zero-order valence-corrected chi connectivity index (χ0v) is 12.2. The summed E-state index contributed by atoms with van der Waals surface area (Å²) in [5.41, 5.74) is -0.780. The van der Waals surface area contributed by atoms with Gasteiger partial charge in [-0.3, -0.25) is 9.59 Å². The molecule has 3 amide bonds. The molecule has 7 nitrogen and oxygen atoms in total. The molecule has 1 rings (SSSR count). The first kappa shape index (κ1) is 16.3. The number of carboxylic acid groups (broad SMARTS) is 1. The number of nitrogens with one attached hydrogen (secondary N) is 2. The SMILES string of the molecule is CC(=O)NC1CCN(C(=O)NC(C)(C)CC(=O)O)CC1. The molecule has 1 fully saturated rings. The third kappa shape index (κ3) is 5.46. The van der Waals surface area contributed by atoms with E-state index < -0.39 is 11.5 Å². The van der Waals surface area contributed by atoms with Crippen LogP contribution in [0.5, 0.6) is 0 Å². The minimum absolute atomic E-state index is 0.0597. The number of carbonyl (C=O) groups excluding carboxylic acids is 2. The molecule has 7 heteroatoms. The summed E-state index contributed by atoms with van der Waals surface area (Å²) in [6.07, 6.45) is 1.31. The standard InChI is InChI=1S/C13H23N3O4/c1-9(17)14-10-4-6-16(7-5-10)12(20)15-13(2,3)8-11(18)19/h10H,4-8H2,1-3H3,(H,14,17)(H,15,20)(H,18,19). The molecule has 0 aliphatic carbocycles. The smallest absolute Gasteiger partial charge is 0.317 e. The molecule has 1 aliphatic heterocycles. The zero-order valence-electron chi connectivity index (χ0n) is 12.2. The first-order valence-corrected chi connectivity index (χ1v) is 6.75. The predicted molar refractivity (Wildman–Crippen MR) is 73.3 cm³/mol. The van der Waals surface area contributed by atoms with Gasteiger partial charge in [0, 0.05) is 31.6 Å². The van der Waals surface area contributed by atoms with Gasteiger partial charge in [0.1, 0.15) is 0 Å². The van der Waals surface area contributed by atoms with E-state index in [1.807, 2.05) is 0 Å². The van der Waals surface area contributed by atoms with Crippen molar-refractivity contribution < 1.29 is 19.5 Å². The number of amides is 3. The van der Waals surface area contributed by atoms with Crippen LogP contribution in [-0.4, -0.2) is 52.6 Å². The van der Waals surface area contributed by atoms with Gasteiger partial charge in [-0.25, -0.2) is 4.79 Å². The molecule has 1 saturated heterocycles. The lowest BCUT2D eigenvalue weighted by atomic mass is 10.0. The number of urea groups is 1. The van der Waals surface area contributed by atoms with Gasteiger partial charge in [-0.15, -0.1) is 0 Å². The summed E-state index contributed by atoms with van der Waals surface area (Å²) in [5.74, 6) is -1.00. The van der Waals surface area contributed by atoms with Gasteiger partial charge in [0.2, 0.25) is 5.91 Å². The molecule has 0 atom stereocenters. The molecule has 114 valence electrons. The van der Waals surface area contributed by atoms with Crippen molar-refractivity contribution in [2.45, 2.75) is 51.6 Å². The Labute approximate surface area is 118 Å². The van der Waals surface area contributed by atoms with Crippen LogP contribution in [0.1, 0.15) is 40.0 Å². The highest BCUT2D eigenvalue weighted by atomic mass is 16.4. The van der Waals surface area contributed by atoms with Crippen molar-refractivity contribution in [3.05, 3.63) is 0 Å². The molecule has 0 radical (unpaired) electrons. The molecule has 0 saturated carbocycles. The van der Waals surface area contributed by atoms with Gasteiger partial charge in [0.05, 0.1) is 6.42 Å². The predicted octanol–water partition coefficient (Wildman–Crippen LogP) is 0.550. The Kier molecular flexibility index (Phi) is 5.35. The van der Waals surface area contributed by atoms with Gasteiger partial charge in [-0.1, -0.05) is 0 Å². The van der Waals surface area contributed by atoms with Crippen LogP contribution >= 0.6 is 0 Å². The number of hydrogen-bond acceptors (Lipinski definition) is 3. The molecule has 1 aliphatic rings. The van der Waals surface area contributed by atoms with Crippen molar-refractivity contribution in [2.75, 3.05) is 13.1 Å². The molecule has 0 unspecified atom stereocenters. The fourth-order valence-corrected chi connectivity index (χ4v) is 2.31. The summed E-state index contributed by atoms with van der Waals surface area (Å²) in [4.78, 5) is 35.4. The van der Waals surface area contributed by atoms with Crippen LogP contribution in [-0.2, 0) is 9.59 Å². The minimum atomic E-state index is -0.945. The molecule has 20 heavy (non-hydrogen) atoms. The molecule has 1 heterocycles. The van der Waals surface area contributed by atoms with Crippen LogP contribution in [0.25, 0.3) is 0 Å². The number of piperidine rings is 1. The number of hydrogen-bond donors (Lipinski definition) is 3. The third-order valence-corrected chi connectivity index (χ3v) is 3.23. The Morgan fingerprint density at radius 1 is 1.25 bits per heavy atom. The zero-order chi connectivity index (χ0) is 15.3. The van der Waals surface area contributed by atoms with Crippen LogP contribution in [0.15, 0.2) is 0 Å². The number of likely N-dealkylation sites (tertiary alicyclic amines) is 1. The Bertz CT molecular complexity index is 387. The number of carbonyl (C=O) groups is 3. The van der Waals surface area contributed by atoms with Crippen molar-refractivity contribution >= 4 is 17.9 Å². The fourth-order valence-electron chi connectivity index (χ4n) is 2.31. The first-order chi connectivity index (χ1) is 9.19. The highest BCUT2D eigenvalue weighted by Gasteiger charge is 2.28. The molecular formula is C13H23N3O4. The number of carboxylic acids is 1. The normalized spacial score (nSPS) is 16.6. The Hall–Kier alpha value is -1.79. The maximum Gasteiger partial charge on any atom is 0.317 e. The topological polar surface area (TPSA) is 98.7 Å².